The van der Waals surface area contributed by atoms with Crippen molar-refractivity contribution in [3.8, 4) is 0 Å². The molecule has 2 aromatic rings. The summed E-state index contributed by atoms with van der Waals surface area (Å²) in [6.45, 7) is 9.73. The van der Waals surface area contributed by atoms with Crippen molar-refractivity contribution < 1.29 is 13.9 Å². The monoisotopic (exact) mass is 334 g/mol. The fourth-order valence-corrected chi connectivity index (χ4v) is 2.79. The van der Waals surface area contributed by atoms with Crippen molar-refractivity contribution in [1.82, 2.24) is 19.9 Å². The molecule has 0 aliphatic carbocycles. The zero-order chi connectivity index (χ0) is 17.2. The molecule has 0 bridgehead atoms. The quantitative estimate of drug-likeness (QED) is 0.836. The Balaban J connectivity index is 1.73. The summed E-state index contributed by atoms with van der Waals surface area (Å²) in [5.74, 6) is 1.74. The van der Waals surface area contributed by atoms with Crippen molar-refractivity contribution in [2.75, 3.05) is 26.9 Å². The van der Waals surface area contributed by atoms with Gasteiger partial charge in [0.15, 0.2) is 0 Å². The summed E-state index contributed by atoms with van der Waals surface area (Å²) in [5.41, 5.74) is 0.895. The number of hydrogen-bond donors (Lipinski definition) is 0. The number of hydrogen-bond acceptors (Lipinski definition) is 6. The zero-order valence-electron chi connectivity index (χ0n) is 14.9. The molecule has 7 heteroatoms. The van der Waals surface area contributed by atoms with E-state index in [0.717, 1.165) is 36.9 Å². The van der Waals surface area contributed by atoms with Gasteiger partial charge in [-0.25, -0.2) is 4.68 Å². The minimum atomic E-state index is -0.0638. The van der Waals surface area contributed by atoms with Crippen LogP contribution in [0.5, 0.6) is 0 Å². The number of aromatic nitrogens is 3. The lowest BCUT2D eigenvalue weighted by molar-refractivity contribution is -0.0216. The number of nitrogens with zero attached hydrogens (tertiary/aromatic N) is 4. The van der Waals surface area contributed by atoms with Crippen LogP contribution in [-0.2, 0) is 28.2 Å². The smallest absolute Gasteiger partial charge is 0.129 e. The molecule has 1 unspecified atom stereocenters. The van der Waals surface area contributed by atoms with Gasteiger partial charge in [0.1, 0.15) is 18.1 Å². The van der Waals surface area contributed by atoms with Gasteiger partial charge in [0, 0.05) is 20.2 Å². The first-order chi connectivity index (χ1) is 11.5. The molecule has 1 atom stereocenters. The highest BCUT2D eigenvalue weighted by atomic mass is 16.5. The number of morpholine rings is 1. The zero-order valence-corrected chi connectivity index (χ0v) is 14.9. The van der Waals surface area contributed by atoms with E-state index in [2.05, 4.69) is 36.0 Å². The summed E-state index contributed by atoms with van der Waals surface area (Å²) in [4.78, 5) is 2.33. The van der Waals surface area contributed by atoms with E-state index in [1.165, 1.54) is 0 Å². The predicted molar refractivity (Wildman–Crippen MR) is 88.4 cm³/mol. The third-order valence-corrected chi connectivity index (χ3v) is 4.13. The summed E-state index contributed by atoms with van der Waals surface area (Å²) in [7, 11) is 1.66. The number of methoxy groups -OCH3 is 1. The lowest BCUT2D eigenvalue weighted by Gasteiger charge is -2.33. The molecule has 1 aliphatic heterocycles. The molecule has 0 N–H and O–H groups in total. The van der Waals surface area contributed by atoms with Crippen molar-refractivity contribution in [1.29, 1.82) is 0 Å². The Kier molecular flexibility index (Phi) is 5.03. The van der Waals surface area contributed by atoms with Crippen molar-refractivity contribution in [3.63, 3.8) is 0 Å². The van der Waals surface area contributed by atoms with Gasteiger partial charge >= 0.3 is 0 Å². The Morgan fingerprint density at radius 2 is 2.17 bits per heavy atom. The first kappa shape index (κ1) is 17.1. The molecule has 2 aromatic heterocycles. The molecule has 1 aliphatic rings. The van der Waals surface area contributed by atoms with Crippen molar-refractivity contribution in [2.45, 2.75) is 45.5 Å². The Hall–Kier alpha value is -1.70. The maximum Gasteiger partial charge on any atom is 0.129 e. The molecule has 0 spiro atoms. The molecular formula is C17H26N4O3. The van der Waals surface area contributed by atoms with Crippen LogP contribution in [0.3, 0.4) is 0 Å². The molecule has 1 saturated heterocycles. The van der Waals surface area contributed by atoms with E-state index in [1.807, 2.05) is 23.0 Å². The average Bonchev–Trinajstić information content (AvgIpc) is 3.17. The Morgan fingerprint density at radius 3 is 2.88 bits per heavy atom. The lowest BCUT2D eigenvalue weighted by Crippen LogP contribution is -2.38. The minimum Gasteiger partial charge on any atom is -0.462 e. The van der Waals surface area contributed by atoms with Crippen LogP contribution in [0.25, 0.3) is 0 Å². The van der Waals surface area contributed by atoms with Crippen LogP contribution >= 0.6 is 0 Å². The number of rotatable bonds is 5. The molecule has 0 amide bonds. The van der Waals surface area contributed by atoms with Crippen LogP contribution in [0.1, 0.15) is 44.0 Å². The number of furan rings is 1. The fourth-order valence-electron chi connectivity index (χ4n) is 2.79. The molecule has 132 valence electrons. The molecular weight excluding hydrogens is 308 g/mol. The van der Waals surface area contributed by atoms with E-state index in [1.54, 1.807) is 7.11 Å². The van der Waals surface area contributed by atoms with Crippen LogP contribution in [0.15, 0.2) is 22.7 Å². The van der Waals surface area contributed by atoms with Crippen molar-refractivity contribution in [2.24, 2.45) is 0 Å². The highest BCUT2D eigenvalue weighted by molar-refractivity contribution is 5.12. The van der Waals surface area contributed by atoms with Gasteiger partial charge in [-0.05, 0) is 32.9 Å². The van der Waals surface area contributed by atoms with Gasteiger partial charge in [-0.2, -0.15) is 0 Å². The maximum absolute atomic E-state index is 5.90. The molecule has 7 nitrogen and oxygen atoms in total. The SMILES string of the molecule is COCc1ccc(C2COCCN2Cc2cn(C(C)(C)C)nn2)o1. The topological polar surface area (TPSA) is 65.6 Å². The fraction of sp³-hybridized carbons (Fsp3) is 0.647. The predicted octanol–water partition coefficient (Wildman–Crippen LogP) is 2.35. The van der Waals surface area contributed by atoms with Crippen LogP contribution in [0.4, 0.5) is 0 Å². The molecule has 0 aromatic carbocycles. The van der Waals surface area contributed by atoms with Crippen LogP contribution in [0.2, 0.25) is 0 Å². The molecule has 1 fully saturated rings. The lowest BCUT2D eigenvalue weighted by atomic mass is 10.1. The highest BCUT2D eigenvalue weighted by Gasteiger charge is 2.28. The largest absolute Gasteiger partial charge is 0.462 e. The highest BCUT2D eigenvalue weighted by Crippen LogP contribution is 2.27. The summed E-state index contributed by atoms with van der Waals surface area (Å²) in [5, 5.41) is 8.57. The molecule has 3 heterocycles. The Labute approximate surface area is 142 Å². The number of ether oxygens (including phenoxy) is 2. The van der Waals surface area contributed by atoms with E-state index in [0.29, 0.717) is 13.2 Å². The first-order valence-electron chi connectivity index (χ1n) is 8.28. The molecule has 0 saturated carbocycles. The van der Waals surface area contributed by atoms with Crippen LogP contribution in [0, 0.1) is 0 Å². The third kappa shape index (κ3) is 3.85. The van der Waals surface area contributed by atoms with Crippen LogP contribution < -0.4 is 0 Å². The van der Waals surface area contributed by atoms with Gasteiger partial charge in [-0.1, -0.05) is 5.21 Å². The van der Waals surface area contributed by atoms with E-state index in [4.69, 9.17) is 13.9 Å². The van der Waals surface area contributed by atoms with E-state index in [-0.39, 0.29) is 11.6 Å². The summed E-state index contributed by atoms with van der Waals surface area (Å²) in [6.07, 6.45) is 2.02. The Bertz CT molecular complexity index is 659. The second-order valence-corrected chi connectivity index (χ2v) is 7.12. The van der Waals surface area contributed by atoms with Crippen molar-refractivity contribution in [3.05, 3.63) is 35.5 Å². The van der Waals surface area contributed by atoms with Crippen LogP contribution in [-0.4, -0.2) is 46.8 Å². The molecule has 24 heavy (non-hydrogen) atoms. The molecule has 0 radical (unpaired) electrons. The maximum atomic E-state index is 5.90. The second-order valence-electron chi connectivity index (χ2n) is 7.12. The van der Waals surface area contributed by atoms with Gasteiger partial charge in [0.25, 0.3) is 0 Å². The van der Waals surface area contributed by atoms with Crippen molar-refractivity contribution >= 4 is 0 Å². The average molecular weight is 334 g/mol. The van der Waals surface area contributed by atoms with Gasteiger partial charge in [-0.3, -0.25) is 4.90 Å². The third-order valence-electron chi connectivity index (χ3n) is 4.13. The molecule has 3 rings (SSSR count). The standard InChI is InChI=1S/C17H26N4O3/c1-17(2,3)21-10-13(18-19-21)9-20-7-8-23-12-15(20)16-6-5-14(24-16)11-22-4/h5-6,10,15H,7-9,11-12H2,1-4H3. The van der Waals surface area contributed by atoms with E-state index in [9.17, 15) is 0 Å². The summed E-state index contributed by atoms with van der Waals surface area (Å²) in [6, 6.07) is 4.05. The minimum absolute atomic E-state index is 0.0638. The van der Waals surface area contributed by atoms with Gasteiger partial charge in [0.2, 0.25) is 0 Å². The van der Waals surface area contributed by atoms with E-state index < -0.39 is 0 Å². The Morgan fingerprint density at radius 1 is 1.33 bits per heavy atom. The summed E-state index contributed by atoms with van der Waals surface area (Å²) < 4.78 is 18.6. The normalized spacial score (nSPS) is 19.8. The van der Waals surface area contributed by atoms with Gasteiger partial charge < -0.3 is 13.9 Å². The first-order valence-corrected chi connectivity index (χ1v) is 8.28. The summed E-state index contributed by atoms with van der Waals surface area (Å²) >= 11 is 0. The second kappa shape index (κ2) is 7.04. The van der Waals surface area contributed by atoms with Gasteiger partial charge in [0.05, 0.1) is 36.7 Å². The van der Waals surface area contributed by atoms with E-state index >= 15 is 0 Å². The van der Waals surface area contributed by atoms with Gasteiger partial charge in [-0.15, -0.1) is 5.10 Å².